The second kappa shape index (κ2) is 5.70. The summed E-state index contributed by atoms with van der Waals surface area (Å²) < 4.78 is 5.52. The van der Waals surface area contributed by atoms with Gasteiger partial charge in [0.2, 0.25) is 0 Å². The Morgan fingerprint density at radius 2 is 2.05 bits per heavy atom. The van der Waals surface area contributed by atoms with E-state index in [1.165, 1.54) is 6.42 Å². The summed E-state index contributed by atoms with van der Waals surface area (Å²) in [7, 11) is 0. The second-order valence-electron chi connectivity index (χ2n) is 7.01. The predicted octanol–water partition coefficient (Wildman–Crippen LogP) is 2.79. The average molecular weight is 269 g/mol. The SMILES string of the molecule is CC(C)(C)OC(=O)N1CCC[C@H]2C[C@H](CO)CC[C@H]21. The number of rotatable bonds is 1. The molecule has 0 aromatic carbocycles. The Labute approximate surface area is 116 Å². The summed E-state index contributed by atoms with van der Waals surface area (Å²) in [4.78, 5) is 14.2. The van der Waals surface area contributed by atoms with E-state index in [0.29, 0.717) is 17.9 Å². The van der Waals surface area contributed by atoms with E-state index in [-0.39, 0.29) is 12.7 Å². The minimum absolute atomic E-state index is 0.162. The first-order valence-electron chi connectivity index (χ1n) is 7.51. The second-order valence-corrected chi connectivity index (χ2v) is 7.01. The maximum atomic E-state index is 12.3. The highest BCUT2D eigenvalue weighted by Gasteiger charge is 2.39. The van der Waals surface area contributed by atoms with E-state index in [4.69, 9.17) is 4.74 Å². The molecule has 0 aromatic rings. The fraction of sp³-hybridized carbons (Fsp3) is 0.933. The van der Waals surface area contributed by atoms with Gasteiger partial charge in [-0.3, -0.25) is 0 Å². The molecule has 4 nitrogen and oxygen atoms in total. The molecule has 0 spiro atoms. The molecule has 2 aliphatic rings. The zero-order valence-electron chi connectivity index (χ0n) is 12.4. The van der Waals surface area contributed by atoms with Crippen molar-refractivity contribution >= 4 is 6.09 Å². The molecular formula is C15H27NO3. The number of aliphatic hydroxyl groups excluding tert-OH is 1. The maximum Gasteiger partial charge on any atom is 0.410 e. The first-order valence-corrected chi connectivity index (χ1v) is 7.51. The maximum absolute atomic E-state index is 12.3. The summed E-state index contributed by atoms with van der Waals surface area (Å²) in [6.45, 7) is 6.84. The van der Waals surface area contributed by atoms with Crippen LogP contribution in [0.3, 0.4) is 0 Å². The molecule has 1 heterocycles. The Kier molecular flexibility index (Phi) is 4.39. The van der Waals surface area contributed by atoms with Crippen molar-refractivity contribution in [3.8, 4) is 0 Å². The van der Waals surface area contributed by atoms with Crippen molar-refractivity contribution in [1.29, 1.82) is 0 Å². The number of ether oxygens (including phenoxy) is 1. The number of carbonyl (C=O) groups is 1. The number of likely N-dealkylation sites (tertiary alicyclic amines) is 1. The smallest absolute Gasteiger partial charge is 0.410 e. The van der Waals surface area contributed by atoms with Crippen LogP contribution in [0.1, 0.15) is 52.9 Å². The topological polar surface area (TPSA) is 49.8 Å². The zero-order chi connectivity index (χ0) is 14.0. The molecule has 0 aromatic heterocycles. The van der Waals surface area contributed by atoms with Crippen LogP contribution in [-0.2, 0) is 4.74 Å². The number of carbonyl (C=O) groups excluding carboxylic acids is 1. The third-order valence-electron chi connectivity index (χ3n) is 4.31. The lowest BCUT2D eigenvalue weighted by molar-refractivity contribution is -0.0155. The molecule has 4 heteroatoms. The van der Waals surface area contributed by atoms with Crippen LogP contribution in [0.5, 0.6) is 0 Å². The van der Waals surface area contributed by atoms with Gasteiger partial charge in [0, 0.05) is 19.2 Å². The van der Waals surface area contributed by atoms with E-state index < -0.39 is 5.60 Å². The van der Waals surface area contributed by atoms with E-state index in [1.807, 2.05) is 25.7 Å². The lowest BCUT2D eigenvalue weighted by atomic mass is 9.74. The van der Waals surface area contributed by atoms with Crippen molar-refractivity contribution < 1.29 is 14.6 Å². The number of aliphatic hydroxyl groups is 1. The van der Waals surface area contributed by atoms with Gasteiger partial charge < -0.3 is 14.7 Å². The Balaban J connectivity index is 2.00. The molecule has 2 fully saturated rings. The number of fused-ring (bicyclic) bond motifs is 1. The van der Waals surface area contributed by atoms with Crippen molar-refractivity contribution in [2.45, 2.75) is 64.5 Å². The van der Waals surface area contributed by atoms with Crippen LogP contribution < -0.4 is 0 Å². The predicted molar refractivity (Wildman–Crippen MR) is 73.9 cm³/mol. The molecule has 1 N–H and O–H groups in total. The number of hydrogen-bond donors (Lipinski definition) is 1. The van der Waals surface area contributed by atoms with E-state index >= 15 is 0 Å². The first-order chi connectivity index (χ1) is 8.90. The highest BCUT2D eigenvalue weighted by atomic mass is 16.6. The molecule has 2 rings (SSSR count). The summed E-state index contributed by atoms with van der Waals surface area (Å²) in [6.07, 6.45) is 5.16. The summed E-state index contributed by atoms with van der Waals surface area (Å²) >= 11 is 0. The average Bonchev–Trinajstić information content (AvgIpc) is 2.35. The highest BCUT2D eigenvalue weighted by Crippen LogP contribution is 2.38. The molecule has 1 aliphatic carbocycles. The zero-order valence-corrected chi connectivity index (χ0v) is 12.4. The van der Waals surface area contributed by atoms with Crippen molar-refractivity contribution in [2.24, 2.45) is 11.8 Å². The third-order valence-corrected chi connectivity index (χ3v) is 4.31. The van der Waals surface area contributed by atoms with Gasteiger partial charge in [0.15, 0.2) is 0 Å². The lowest BCUT2D eigenvalue weighted by Crippen LogP contribution is -2.52. The Hall–Kier alpha value is -0.770. The van der Waals surface area contributed by atoms with Gasteiger partial charge in [-0.15, -0.1) is 0 Å². The van der Waals surface area contributed by atoms with Gasteiger partial charge in [-0.2, -0.15) is 0 Å². The van der Waals surface area contributed by atoms with Gasteiger partial charge in [0.25, 0.3) is 0 Å². The number of nitrogens with zero attached hydrogens (tertiary/aromatic N) is 1. The van der Waals surface area contributed by atoms with Crippen LogP contribution in [0.25, 0.3) is 0 Å². The standard InChI is InChI=1S/C15H27NO3/c1-15(2,3)19-14(18)16-8-4-5-12-9-11(10-17)6-7-13(12)16/h11-13,17H,4-10H2,1-3H3/t11-,12+,13-/m1/s1. The van der Waals surface area contributed by atoms with Crippen molar-refractivity contribution in [3.05, 3.63) is 0 Å². The molecule has 110 valence electrons. The van der Waals surface area contributed by atoms with Gasteiger partial charge in [-0.25, -0.2) is 4.79 Å². The molecular weight excluding hydrogens is 242 g/mol. The summed E-state index contributed by atoms with van der Waals surface area (Å²) in [5, 5.41) is 9.30. The van der Waals surface area contributed by atoms with Gasteiger partial charge in [0.05, 0.1) is 0 Å². The summed E-state index contributed by atoms with van der Waals surface area (Å²) in [5.74, 6) is 0.979. The van der Waals surface area contributed by atoms with E-state index in [0.717, 1.165) is 32.2 Å². The van der Waals surface area contributed by atoms with Crippen molar-refractivity contribution in [1.82, 2.24) is 4.90 Å². The molecule has 0 bridgehead atoms. The lowest BCUT2D eigenvalue weighted by Gasteiger charge is -2.45. The van der Waals surface area contributed by atoms with Crippen LogP contribution in [0.15, 0.2) is 0 Å². The Morgan fingerprint density at radius 1 is 1.32 bits per heavy atom. The molecule has 0 radical (unpaired) electrons. The minimum Gasteiger partial charge on any atom is -0.444 e. The molecule has 19 heavy (non-hydrogen) atoms. The largest absolute Gasteiger partial charge is 0.444 e. The number of hydrogen-bond acceptors (Lipinski definition) is 3. The summed E-state index contributed by atoms with van der Waals surface area (Å²) in [5.41, 5.74) is -0.424. The van der Waals surface area contributed by atoms with Crippen molar-refractivity contribution in [2.75, 3.05) is 13.2 Å². The van der Waals surface area contributed by atoms with Crippen LogP contribution in [0.2, 0.25) is 0 Å². The van der Waals surface area contributed by atoms with E-state index in [1.54, 1.807) is 0 Å². The number of amides is 1. The molecule has 1 aliphatic heterocycles. The Bertz CT molecular complexity index is 324. The van der Waals surface area contributed by atoms with Gasteiger partial charge in [-0.05, 0) is 64.7 Å². The fourth-order valence-electron chi connectivity index (χ4n) is 3.47. The summed E-state index contributed by atoms with van der Waals surface area (Å²) in [6, 6.07) is 0.325. The first kappa shape index (κ1) is 14.6. The van der Waals surface area contributed by atoms with Gasteiger partial charge in [-0.1, -0.05) is 0 Å². The minimum atomic E-state index is -0.424. The monoisotopic (exact) mass is 269 g/mol. The highest BCUT2D eigenvalue weighted by molar-refractivity contribution is 5.68. The van der Waals surface area contributed by atoms with Crippen LogP contribution >= 0.6 is 0 Å². The van der Waals surface area contributed by atoms with Gasteiger partial charge in [0.1, 0.15) is 5.60 Å². The fourth-order valence-corrected chi connectivity index (χ4v) is 3.47. The number of piperidine rings is 1. The Morgan fingerprint density at radius 3 is 2.68 bits per heavy atom. The molecule has 1 amide bonds. The molecule has 0 unspecified atom stereocenters. The molecule has 1 saturated carbocycles. The van der Waals surface area contributed by atoms with E-state index in [2.05, 4.69) is 0 Å². The third kappa shape index (κ3) is 3.62. The quantitative estimate of drug-likeness (QED) is 0.796. The van der Waals surface area contributed by atoms with Crippen LogP contribution in [0, 0.1) is 11.8 Å². The van der Waals surface area contributed by atoms with E-state index in [9.17, 15) is 9.90 Å². The molecule has 1 saturated heterocycles. The van der Waals surface area contributed by atoms with Crippen LogP contribution in [0.4, 0.5) is 4.79 Å². The van der Waals surface area contributed by atoms with Crippen molar-refractivity contribution in [3.63, 3.8) is 0 Å². The molecule has 3 atom stereocenters. The van der Waals surface area contributed by atoms with Crippen LogP contribution in [-0.4, -0.2) is 40.9 Å². The normalized spacial score (nSPS) is 31.8. The van der Waals surface area contributed by atoms with Gasteiger partial charge >= 0.3 is 6.09 Å².